The van der Waals surface area contributed by atoms with Crippen LogP contribution in [0.15, 0.2) is 17.0 Å². The Morgan fingerprint density at radius 2 is 1.88 bits per heavy atom. The second-order valence-corrected chi connectivity index (χ2v) is 6.22. The van der Waals surface area contributed by atoms with E-state index in [0.717, 1.165) is 12.1 Å². The first-order valence-electron chi connectivity index (χ1n) is 6.58. The molecule has 1 aromatic carbocycles. The molecule has 0 aromatic heterocycles. The molecule has 1 aliphatic rings. The number of halogens is 7. The lowest BCUT2D eigenvalue weighted by atomic mass is 10.2. The molecule has 0 spiro atoms. The van der Waals surface area contributed by atoms with E-state index in [4.69, 9.17) is 0 Å². The van der Waals surface area contributed by atoms with Crippen molar-refractivity contribution in [3.05, 3.63) is 23.5 Å². The summed E-state index contributed by atoms with van der Waals surface area (Å²) in [5.41, 5.74) is -0.263. The van der Waals surface area contributed by atoms with Gasteiger partial charge in [0.15, 0.2) is 0 Å². The number of hydroxylamine groups is 1. The van der Waals surface area contributed by atoms with E-state index in [9.17, 15) is 35.8 Å². The quantitative estimate of drug-likeness (QED) is 0.631. The zero-order valence-electron chi connectivity index (χ0n) is 12.1. The minimum atomic E-state index is -5.09. The Kier molecular flexibility index (Phi) is 4.99. The number of hydrogen-bond acceptors (Lipinski definition) is 4. The maximum Gasteiger partial charge on any atom is 0.445 e. The van der Waals surface area contributed by atoms with Gasteiger partial charge >= 0.3 is 12.4 Å². The van der Waals surface area contributed by atoms with Crippen molar-refractivity contribution >= 4 is 17.4 Å². The van der Waals surface area contributed by atoms with Crippen molar-refractivity contribution in [2.45, 2.75) is 36.4 Å². The van der Waals surface area contributed by atoms with Crippen LogP contribution < -0.4 is 5.06 Å². The largest absolute Gasteiger partial charge is 0.445 e. The highest BCUT2D eigenvalue weighted by Gasteiger charge is 2.60. The van der Waals surface area contributed by atoms with Crippen molar-refractivity contribution in [2.75, 3.05) is 17.4 Å². The van der Waals surface area contributed by atoms with Gasteiger partial charge in [0.2, 0.25) is 0 Å². The molecule has 1 unspecified atom stereocenters. The number of anilines is 1. The number of alkyl halides is 6. The lowest BCUT2D eigenvalue weighted by Crippen LogP contribution is -2.45. The summed E-state index contributed by atoms with van der Waals surface area (Å²) >= 11 is 0.382. The van der Waals surface area contributed by atoms with Gasteiger partial charge in [-0.05, 0) is 24.6 Å². The van der Waals surface area contributed by atoms with Crippen LogP contribution in [0.2, 0.25) is 0 Å². The summed E-state index contributed by atoms with van der Waals surface area (Å²) in [6.45, 7) is 0.905. The molecule has 3 nitrogen and oxygen atoms in total. The van der Waals surface area contributed by atoms with Gasteiger partial charge in [0.25, 0.3) is 5.79 Å². The van der Waals surface area contributed by atoms with E-state index in [-0.39, 0.29) is 10.5 Å². The van der Waals surface area contributed by atoms with Crippen LogP contribution in [0.1, 0.15) is 12.0 Å². The van der Waals surface area contributed by atoms with Gasteiger partial charge in [0.1, 0.15) is 11.5 Å². The van der Waals surface area contributed by atoms with Gasteiger partial charge in [-0.2, -0.15) is 26.3 Å². The first-order valence-corrected chi connectivity index (χ1v) is 7.56. The highest BCUT2D eigenvalue weighted by Crippen LogP contribution is 2.42. The molecular weight excluding hydrogens is 367 g/mol. The molecule has 1 saturated heterocycles. The molecular formula is C13H12F7NO2S. The molecule has 0 radical (unpaired) electrons. The van der Waals surface area contributed by atoms with Crippen LogP contribution in [0, 0.1) is 12.7 Å². The smallest absolute Gasteiger partial charge is 0.357 e. The second kappa shape index (κ2) is 6.26. The average Bonchev–Trinajstić information content (AvgIpc) is 2.80. The van der Waals surface area contributed by atoms with Gasteiger partial charge in [-0.15, -0.1) is 11.8 Å². The topological polar surface area (TPSA) is 32.7 Å². The number of hydrogen-bond donors (Lipinski definition) is 1. The summed E-state index contributed by atoms with van der Waals surface area (Å²) < 4.78 is 89.0. The van der Waals surface area contributed by atoms with Crippen molar-refractivity contribution in [1.82, 2.24) is 0 Å². The summed E-state index contributed by atoms with van der Waals surface area (Å²) in [6.07, 6.45) is -10.4. The fourth-order valence-electron chi connectivity index (χ4n) is 2.04. The standard InChI is InChI=1S/C13H12F7NO2S/c1-7-4-8(14)9(5-10(7)24-6-12(15,16)17)21-3-2-11(22,23-21)13(18,19)20/h4-5,22H,2-3,6H2,1H3. The molecule has 1 heterocycles. The SMILES string of the molecule is Cc1cc(F)c(N2CCC(O)(C(F)(F)F)O2)cc1SCC(F)(F)F. The zero-order chi connectivity index (χ0) is 18.3. The Morgan fingerprint density at radius 1 is 1.25 bits per heavy atom. The molecule has 1 aromatic rings. The van der Waals surface area contributed by atoms with Gasteiger partial charge in [-0.25, -0.2) is 14.3 Å². The normalized spacial score (nSPS) is 22.3. The van der Waals surface area contributed by atoms with Crippen molar-refractivity contribution < 1.29 is 40.7 Å². The molecule has 24 heavy (non-hydrogen) atoms. The first-order chi connectivity index (χ1) is 10.8. The van der Waals surface area contributed by atoms with Crippen LogP contribution in [0.4, 0.5) is 36.4 Å². The maximum absolute atomic E-state index is 14.0. The number of rotatable bonds is 3. The van der Waals surface area contributed by atoms with Gasteiger partial charge in [0.05, 0.1) is 12.3 Å². The molecule has 0 amide bonds. The molecule has 2 rings (SSSR count). The fraction of sp³-hybridized carbons (Fsp3) is 0.538. The van der Waals surface area contributed by atoms with Crippen molar-refractivity contribution in [2.24, 2.45) is 0 Å². The van der Waals surface area contributed by atoms with Crippen LogP contribution >= 0.6 is 11.8 Å². The zero-order valence-corrected chi connectivity index (χ0v) is 12.9. The molecule has 136 valence electrons. The average molecular weight is 379 g/mol. The molecule has 0 saturated carbocycles. The predicted molar refractivity (Wildman–Crippen MR) is 72.0 cm³/mol. The van der Waals surface area contributed by atoms with E-state index >= 15 is 0 Å². The Balaban J connectivity index is 2.25. The lowest BCUT2D eigenvalue weighted by Gasteiger charge is -2.26. The second-order valence-electron chi connectivity index (χ2n) is 5.20. The van der Waals surface area contributed by atoms with E-state index in [1.54, 1.807) is 0 Å². The Hall–Kier alpha value is -1.20. The van der Waals surface area contributed by atoms with Crippen LogP contribution in [0.25, 0.3) is 0 Å². The number of nitrogens with zero attached hydrogens (tertiary/aromatic N) is 1. The molecule has 1 fully saturated rings. The van der Waals surface area contributed by atoms with Crippen molar-refractivity contribution in [3.8, 4) is 0 Å². The third-order valence-electron chi connectivity index (χ3n) is 3.26. The molecule has 1 N–H and O–H groups in total. The summed E-state index contributed by atoms with van der Waals surface area (Å²) in [7, 11) is 0. The first kappa shape index (κ1) is 19.1. The van der Waals surface area contributed by atoms with Crippen LogP contribution in [-0.2, 0) is 4.84 Å². The molecule has 1 aliphatic heterocycles. The van der Waals surface area contributed by atoms with E-state index in [2.05, 4.69) is 4.84 Å². The number of thioether (sulfide) groups is 1. The van der Waals surface area contributed by atoms with Gasteiger partial charge in [0, 0.05) is 11.3 Å². The van der Waals surface area contributed by atoms with E-state index in [1.807, 2.05) is 0 Å². The van der Waals surface area contributed by atoms with Crippen molar-refractivity contribution in [1.29, 1.82) is 0 Å². The lowest BCUT2D eigenvalue weighted by molar-refractivity contribution is -0.352. The fourth-order valence-corrected chi connectivity index (χ4v) is 2.84. The Bertz CT molecular complexity index is 620. The number of aliphatic hydroxyl groups is 1. The summed E-state index contributed by atoms with van der Waals surface area (Å²) in [5.74, 6) is -5.65. The van der Waals surface area contributed by atoms with E-state index < -0.39 is 48.4 Å². The number of benzene rings is 1. The van der Waals surface area contributed by atoms with Crippen LogP contribution in [-0.4, -0.2) is 35.5 Å². The van der Waals surface area contributed by atoms with Gasteiger partial charge in [-0.3, -0.25) is 0 Å². The molecule has 0 aliphatic carbocycles. The third-order valence-corrected chi connectivity index (χ3v) is 4.48. The van der Waals surface area contributed by atoms with Crippen molar-refractivity contribution in [3.63, 3.8) is 0 Å². The third kappa shape index (κ3) is 4.06. The molecule has 11 heteroatoms. The minimum Gasteiger partial charge on any atom is -0.357 e. The summed E-state index contributed by atoms with van der Waals surface area (Å²) in [6, 6.07) is 1.88. The maximum atomic E-state index is 14.0. The Morgan fingerprint density at radius 3 is 2.38 bits per heavy atom. The molecule has 1 atom stereocenters. The highest BCUT2D eigenvalue weighted by atomic mass is 32.2. The predicted octanol–water partition coefficient (Wildman–Crippen LogP) is 4.18. The van der Waals surface area contributed by atoms with Gasteiger partial charge < -0.3 is 5.11 Å². The Labute approximate surface area is 136 Å². The monoisotopic (exact) mass is 379 g/mol. The molecule has 0 bridgehead atoms. The number of aryl methyl sites for hydroxylation is 1. The highest BCUT2D eigenvalue weighted by molar-refractivity contribution is 7.99. The summed E-state index contributed by atoms with van der Waals surface area (Å²) in [4.78, 5) is 4.46. The minimum absolute atomic E-state index is 0.0507. The van der Waals surface area contributed by atoms with E-state index in [1.165, 1.54) is 6.92 Å². The van der Waals surface area contributed by atoms with Crippen LogP contribution in [0.5, 0.6) is 0 Å². The summed E-state index contributed by atoms with van der Waals surface area (Å²) in [5, 5.41) is 9.92. The van der Waals surface area contributed by atoms with Gasteiger partial charge in [-0.1, -0.05) is 0 Å². The van der Waals surface area contributed by atoms with Crippen LogP contribution in [0.3, 0.4) is 0 Å². The van der Waals surface area contributed by atoms with E-state index in [0.29, 0.717) is 16.8 Å².